The minimum Gasteiger partial charge on any atom is -0.399 e. The van der Waals surface area contributed by atoms with Gasteiger partial charge in [0.1, 0.15) is 0 Å². The fraction of sp³-hybridized carbons (Fsp3) is 0.350. The lowest BCUT2D eigenvalue weighted by atomic mass is 9.73. The van der Waals surface area contributed by atoms with E-state index in [0.29, 0.717) is 19.8 Å². The highest BCUT2D eigenvalue weighted by Gasteiger charge is 2.41. The summed E-state index contributed by atoms with van der Waals surface area (Å²) < 4.78 is 5.49. The zero-order valence-electron chi connectivity index (χ0n) is 14.2. The predicted molar refractivity (Wildman–Crippen MR) is 103 cm³/mol. The van der Waals surface area contributed by atoms with Crippen LogP contribution in [0.25, 0.3) is 0 Å². The Labute approximate surface area is 155 Å². The second kappa shape index (κ2) is 8.88. The largest absolute Gasteiger partial charge is 0.399 e. The predicted octanol–water partition coefficient (Wildman–Crippen LogP) is 3.10. The van der Waals surface area contributed by atoms with Gasteiger partial charge in [0.05, 0.1) is 5.41 Å². The molecule has 134 valence electrons. The number of halogens is 1. The summed E-state index contributed by atoms with van der Waals surface area (Å²) in [5, 5.41) is 3.13. The SMILES string of the molecule is Cl.Nc1ccc(CCNC(=O)C2(c3ccccc3)CCOCC2)cc1. The third-order valence-electron chi connectivity index (χ3n) is 4.79. The van der Waals surface area contributed by atoms with Crippen LogP contribution in [0.3, 0.4) is 0 Å². The lowest BCUT2D eigenvalue weighted by Gasteiger charge is -2.36. The molecule has 0 saturated carbocycles. The fourth-order valence-corrected chi connectivity index (χ4v) is 3.30. The van der Waals surface area contributed by atoms with E-state index in [1.807, 2.05) is 54.6 Å². The van der Waals surface area contributed by atoms with E-state index in [1.165, 1.54) is 5.56 Å². The molecule has 1 heterocycles. The Morgan fingerprint density at radius 1 is 1.04 bits per heavy atom. The lowest BCUT2D eigenvalue weighted by molar-refractivity contribution is -0.130. The third-order valence-corrected chi connectivity index (χ3v) is 4.79. The van der Waals surface area contributed by atoms with Crippen LogP contribution in [0.1, 0.15) is 24.0 Å². The van der Waals surface area contributed by atoms with Gasteiger partial charge in [-0.15, -0.1) is 12.4 Å². The van der Waals surface area contributed by atoms with Crippen LogP contribution in [0.15, 0.2) is 54.6 Å². The summed E-state index contributed by atoms with van der Waals surface area (Å²) >= 11 is 0. The molecule has 4 nitrogen and oxygen atoms in total. The van der Waals surface area contributed by atoms with Gasteiger partial charge < -0.3 is 15.8 Å². The van der Waals surface area contributed by atoms with Crippen molar-refractivity contribution in [3.05, 3.63) is 65.7 Å². The van der Waals surface area contributed by atoms with Crippen LogP contribution in [0.5, 0.6) is 0 Å². The van der Waals surface area contributed by atoms with E-state index in [0.717, 1.165) is 30.5 Å². The van der Waals surface area contributed by atoms with Crippen LogP contribution in [-0.4, -0.2) is 25.7 Å². The van der Waals surface area contributed by atoms with Crippen molar-refractivity contribution < 1.29 is 9.53 Å². The zero-order chi connectivity index (χ0) is 16.8. The average molecular weight is 361 g/mol. The van der Waals surface area contributed by atoms with Gasteiger partial charge >= 0.3 is 0 Å². The smallest absolute Gasteiger partial charge is 0.230 e. The molecule has 25 heavy (non-hydrogen) atoms. The van der Waals surface area contributed by atoms with Crippen molar-refractivity contribution in [2.45, 2.75) is 24.7 Å². The molecule has 2 aromatic carbocycles. The van der Waals surface area contributed by atoms with Gasteiger partial charge in [-0.05, 0) is 42.5 Å². The highest BCUT2D eigenvalue weighted by atomic mass is 35.5. The summed E-state index contributed by atoms with van der Waals surface area (Å²) in [4.78, 5) is 13.0. The topological polar surface area (TPSA) is 64.3 Å². The second-order valence-electron chi connectivity index (χ2n) is 6.31. The molecule has 5 heteroatoms. The Morgan fingerprint density at radius 3 is 2.32 bits per heavy atom. The van der Waals surface area contributed by atoms with Crippen molar-refractivity contribution in [3.63, 3.8) is 0 Å². The van der Waals surface area contributed by atoms with Gasteiger partial charge in [-0.3, -0.25) is 4.79 Å². The van der Waals surface area contributed by atoms with Gasteiger partial charge in [0.2, 0.25) is 5.91 Å². The van der Waals surface area contributed by atoms with Crippen LogP contribution in [0.4, 0.5) is 5.69 Å². The van der Waals surface area contributed by atoms with E-state index in [9.17, 15) is 4.79 Å². The van der Waals surface area contributed by atoms with Crippen molar-refractivity contribution in [3.8, 4) is 0 Å². The zero-order valence-corrected chi connectivity index (χ0v) is 15.1. The average Bonchev–Trinajstić information content (AvgIpc) is 2.64. The Bertz CT molecular complexity index is 668. The molecule has 0 radical (unpaired) electrons. The Kier molecular flexibility index (Phi) is 6.85. The molecular weight excluding hydrogens is 336 g/mol. The minimum atomic E-state index is -0.472. The molecule has 0 spiro atoms. The number of nitrogens with two attached hydrogens (primary N) is 1. The van der Waals surface area contributed by atoms with Crippen LogP contribution in [0.2, 0.25) is 0 Å². The van der Waals surface area contributed by atoms with Crippen molar-refractivity contribution in [2.24, 2.45) is 0 Å². The number of benzene rings is 2. The fourth-order valence-electron chi connectivity index (χ4n) is 3.30. The second-order valence-corrected chi connectivity index (χ2v) is 6.31. The van der Waals surface area contributed by atoms with E-state index in [2.05, 4.69) is 5.32 Å². The van der Waals surface area contributed by atoms with E-state index in [4.69, 9.17) is 10.5 Å². The first-order valence-corrected chi connectivity index (χ1v) is 8.47. The number of hydrogen-bond donors (Lipinski definition) is 2. The Balaban J connectivity index is 0.00000225. The number of amides is 1. The van der Waals surface area contributed by atoms with Crippen molar-refractivity contribution in [2.75, 3.05) is 25.5 Å². The molecule has 0 atom stereocenters. The van der Waals surface area contributed by atoms with Gasteiger partial charge in [0.15, 0.2) is 0 Å². The van der Waals surface area contributed by atoms with Crippen molar-refractivity contribution in [1.82, 2.24) is 5.32 Å². The normalized spacial score (nSPS) is 15.8. The van der Waals surface area contributed by atoms with Gasteiger partial charge in [0.25, 0.3) is 0 Å². The summed E-state index contributed by atoms with van der Waals surface area (Å²) in [6.07, 6.45) is 2.25. The number of ether oxygens (including phenoxy) is 1. The van der Waals surface area contributed by atoms with E-state index < -0.39 is 5.41 Å². The van der Waals surface area contributed by atoms with E-state index in [-0.39, 0.29) is 18.3 Å². The molecule has 1 fully saturated rings. The molecule has 1 amide bonds. The lowest BCUT2D eigenvalue weighted by Crippen LogP contribution is -2.48. The molecule has 1 aliphatic rings. The minimum absolute atomic E-state index is 0. The first-order valence-electron chi connectivity index (χ1n) is 8.47. The number of hydrogen-bond acceptors (Lipinski definition) is 3. The van der Waals surface area contributed by atoms with Crippen LogP contribution < -0.4 is 11.1 Å². The number of nitrogens with one attached hydrogen (secondary N) is 1. The first-order chi connectivity index (χ1) is 11.7. The van der Waals surface area contributed by atoms with Crippen LogP contribution >= 0.6 is 12.4 Å². The number of nitrogen functional groups attached to an aromatic ring is 1. The number of rotatable bonds is 5. The van der Waals surface area contributed by atoms with Crippen LogP contribution in [0, 0.1) is 0 Å². The third kappa shape index (κ3) is 4.53. The molecular formula is C20H25ClN2O2. The standard InChI is InChI=1S/C20H24N2O2.ClH/c21-18-8-6-16(7-9-18)10-13-22-19(23)20(11-14-24-15-12-20)17-4-2-1-3-5-17;/h1-9H,10-15,21H2,(H,22,23);1H. The van der Waals surface area contributed by atoms with Gasteiger partial charge in [-0.2, -0.15) is 0 Å². The van der Waals surface area contributed by atoms with Gasteiger partial charge in [-0.1, -0.05) is 42.5 Å². The summed E-state index contributed by atoms with van der Waals surface area (Å²) in [6.45, 7) is 1.87. The number of carbonyl (C=O) groups excluding carboxylic acids is 1. The van der Waals surface area contributed by atoms with E-state index >= 15 is 0 Å². The maximum atomic E-state index is 13.0. The van der Waals surface area contributed by atoms with Gasteiger partial charge in [-0.25, -0.2) is 0 Å². The highest BCUT2D eigenvalue weighted by molar-refractivity contribution is 5.88. The molecule has 2 aromatic rings. The molecule has 0 aromatic heterocycles. The molecule has 3 N–H and O–H groups in total. The molecule has 1 aliphatic heterocycles. The Hall–Kier alpha value is -2.04. The molecule has 0 aliphatic carbocycles. The quantitative estimate of drug-likeness (QED) is 0.805. The molecule has 0 unspecified atom stereocenters. The summed E-state index contributed by atoms with van der Waals surface area (Å²) in [5.74, 6) is 0.104. The summed E-state index contributed by atoms with van der Waals surface area (Å²) in [5.41, 5.74) is 8.24. The van der Waals surface area contributed by atoms with Crippen molar-refractivity contribution in [1.29, 1.82) is 0 Å². The summed E-state index contributed by atoms with van der Waals surface area (Å²) in [7, 11) is 0. The summed E-state index contributed by atoms with van der Waals surface area (Å²) in [6, 6.07) is 17.8. The van der Waals surface area contributed by atoms with Gasteiger partial charge in [0, 0.05) is 25.4 Å². The Morgan fingerprint density at radius 2 is 1.68 bits per heavy atom. The maximum absolute atomic E-state index is 13.0. The first kappa shape index (κ1) is 19.3. The molecule has 1 saturated heterocycles. The molecule has 3 rings (SSSR count). The maximum Gasteiger partial charge on any atom is 0.230 e. The van der Waals surface area contributed by atoms with E-state index in [1.54, 1.807) is 0 Å². The van der Waals surface area contributed by atoms with Crippen LogP contribution in [-0.2, 0) is 21.4 Å². The number of carbonyl (C=O) groups is 1. The monoisotopic (exact) mass is 360 g/mol. The number of anilines is 1. The molecule has 0 bridgehead atoms. The van der Waals surface area contributed by atoms with Crippen molar-refractivity contribution >= 4 is 24.0 Å². The highest BCUT2D eigenvalue weighted by Crippen LogP contribution is 2.35.